The van der Waals surface area contributed by atoms with Gasteiger partial charge in [-0.05, 0) is 24.3 Å². The van der Waals surface area contributed by atoms with Crippen LogP contribution in [0.4, 0.5) is 10.8 Å². The smallest absolute Gasteiger partial charge is 0.262 e. The first kappa shape index (κ1) is 16.5. The number of benzene rings is 2. The molecule has 1 aliphatic rings. The van der Waals surface area contributed by atoms with Crippen LogP contribution in [0.5, 0.6) is 5.75 Å². The summed E-state index contributed by atoms with van der Waals surface area (Å²) in [5.74, 6) is 0.227. The third-order valence-electron chi connectivity index (χ3n) is 4.47. The van der Waals surface area contributed by atoms with Gasteiger partial charge in [-0.1, -0.05) is 18.2 Å². The Balaban J connectivity index is 1.39. The lowest BCUT2D eigenvalue weighted by Crippen LogP contribution is -2.25. The van der Waals surface area contributed by atoms with Crippen molar-refractivity contribution in [3.8, 4) is 17.0 Å². The highest BCUT2D eigenvalue weighted by molar-refractivity contribution is 7.14. The zero-order valence-electron chi connectivity index (χ0n) is 14.5. The van der Waals surface area contributed by atoms with E-state index in [0.717, 1.165) is 16.5 Å². The van der Waals surface area contributed by atoms with Gasteiger partial charge in [0, 0.05) is 28.0 Å². The van der Waals surface area contributed by atoms with Gasteiger partial charge >= 0.3 is 0 Å². The number of carbonyl (C=O) groups is 2. The van der Waals surface area contributed by atoms with Gasteiger partial charge in [-0.3, -0.25) is 14.9 Å². The van der Waals surface area contributed by atoms with Gasteiger partial charge in [-0.2, -0.15) is 0 Å². The number of aromatic amines is 1. The summed E-state index contributed by atoms with van der Waals surface area (Å²) in [4.78, 5) is 31.7. The summed E-state index contributed by atoms with van der Waals surface area (Å²) in [6, 6.07) is 13.1. The average molecular weight is 390 g/mol. The van der Waals surface area contributed by atoms with E-state index in [0.29, 0.717) is 27.8 Å². The fourth-order valence-corrected chi connectivity index (χ4v) is 3.84. The summed E-state index contributed by atoms with van der Waals surface area (Å²) in [6.07, 6.45) is 1.70. The summed E-state index contributed by atoms with van der Waals surface area (Å²) in [7, 11) is 0. The van der Waals surface area contributed by atoms with Gasteiger partial charge in [0.05, 0.1) is 16.9 Å². The molecule has 4 aromatic rings. The molecule has 2 amide bonds. The van der Waals surface area contributed by atoms with Crippen molar-refractivity contribution in [2.24, 2.45) is 0 Å². The number of nitrogens with zero attached hydrogens (tertiary/aromatic N) is 1. The van der Waals surface area contributed by atoms with Crippen molar-refractivity contribution in [1.29, 1.82) is 0 Å². The normalized spacial score (nSPS) is 12.9. The molecule has 3 heterocycles. The van der Waals surface area contributed by atoms with Crippen molar-refractivity contribution in [3.63, 3.8) is 0 Å². The van der Waals surface area contributed by atoms with E-state index >= 15 is 0 Å². The molecule has 28 heavy (non-hydrogen) atoms. The van der Waals surface area contributed by atoms with Crippen molar-refractivity contribution < 1.29 is 14.3 Å². The summed E-state index contributed by atoms with van der Waals surface area (Å²) in [5.41, 5.74) is 3.63. The maximum Gasteiger partial charge on any atom is 0.262 e. The fourth-order valence-electron chi connectivity index (χ4n) is 3.13. The number of fused-ring (bicyclic) bond motifs is 2. The second-order valence-electron chi connectivity index (χ2n) is 6.29. The summed E-state index contributed by atoms with van der Waals surface area (Å²) in [6.45, 7) is 0.0209. The molecule has 0 atom stereocenters. The predicted molar refractivity (Wildman–Crippen MR) is 108 cm³/mol. The van der Waals surface area contributed by atoms with Crippen LogP contribution in [0, 0.1) is 0 Å². The minimum absolute atomic E-state index is 0.0209. The highest BCUT2D eigenvalue weighted by Gasteiger charge is 2.18. The molecule has 8 heteroatoms. The second kappa shape index (κ2) is 6.50. The van der Waals surface area contributed by atoms with Crippen LogP contribution in [0.3, 0.4) is 0 Å². The second-order valence-corrected chi connectivity index (χ2v) is 7.15. The van der Waals surface area contributed by atoms with Crippen molar-refractivity contribution in [2.75, 3.05) is 17.2 Å². The standard InChI is InChI=1S/C20H14N4O3S/c25-18-9-27-17-6-5-11(7-15(17)22-18)16-10-28-20(23-16)24-19(26)13-8-21-14-4-2-1-3-12(13)14/h1-8,10,21H,9H2,(H,22,25)(H,23,24,26). The number of amides is 2. The first-order valence-electron chi connectivity index (χ1n) is 8.57. The number of hydrogen-bond acceptors (Lipinski definition) is 5. The van der Waals surface area contributed by atoms with Crippen LogP contribution in [0.15, 0.2) is 54.0 Å². The van der Waals surface area contributed by atoms with E-state index < -0.39 is 0 Å². The largest absolute Gasteiger partial charge is 0.482 e. The van der Waals surface area contributed by atoms with Crippen molar-refractivity contribution in [1.82, 2.24) is 9.97 Å². The molecule has 2 aromatic carbocycles. The molecular weight excluding hydrogens is 376 g/mol. The molecule has 0 aliphatic carbocycles. The minimum atomic E-state index is -0.218. The number of hydrogen-bond donors (Lipinski definition) is 3. The zero-order chi connectivity index (χ0) is 19.1. The Morgan fingerprint density at radius 3 is 3.04 bits per heavy atom. The van der Waals surface area contributed by atoms with Crippen LogP contribution < -0.4 is 15.4 Å². The lowest BCUT2D eigenvalue weighted by molar-refractivity contribution is -0.118. The SMILES string of the molecule is O=C1COc2ccc(-c3csc(NC(=O)c4c[nH]c5ccccc45)n3)cc2N1. The molecule has 0 spiro atoms. The van der Waals surface area contributed by atoms with Crippen LogP contribution in [-0.4, -0.2) is 28.4 Å². The van der Waals surface area contributed by atoms with Gasteiger partial charge in [0.1, 0.15) is 5.75 Å². The lowest BCUT2D eigenvalue weighted by atomic mass is 10.1. The summed E-state index contributed by atoms with van der Waals surface area (Å²) >= 11 is 1.34. The predicted octanol–water partition coefficient (Wildman–Crippen LogP) is 3.87. The molecular formula is C20H14N4O3S. The number of H-pyrrole nitrogens is 1. The third kappa shape index (κ3) is 2.89. The first-order chi connectivity index (χ1) is 13.7. The minimum Gasteiger partial charge on any atom is -0.482 e. The summed E-state index contributed by atoms with van der Waals surface area (Å²) in [5, 5.41) is 8.86. The van der Waals surface area contributed by atoms with Crippen molar-refractivity contribution in [2.45, 2.75) is 0 Å². The van der Waals surface area contributed by atoms with Gasteiger partial charge in [-0.25, -0.2) is 4.98 Å². The number of para-hydroxylation sites is 1. The molecule has 0 radical (unpaired) electrons. The van der Waals surface area contributed by atoms with Crippen molar-refractivity contribution >= 4 is 44.9 Å². The van der Waals surface area contributed by atoms with Gasteiger partial charge in [-0.15, -0.1) is 11.3 Å². The number of aromatic nitrogens is 2. The Bertz CT molecular complexity index is 1230. The van der Waals surface area contributed by atoms with Crippen molar-refractivity contribution in [3.05, 3.63) is 59.6 Å². The van der Waals surface area contributed by atoms with Crippen LogP contribution in [0.2, 0.25) is 0 Å². The van der Waals surface area contributed by atoms with Gasteiger partial charge < -0.3 is 15.0 Å². The average Bonchev–Trinajstić information content (AvgIpc) is 3.34. The van der Waals surface area contributed by atoms with E-state index in [1.54, 1.807) is 12.3 Å². The molecule has 0 bridgehead atoms. The molecule has 2 aromatic heterocycles. The number of rotatable bonds is 3. The molecule has 138 valence electrons. The molecule has 0 saturated heterocycles. The number of carbonyl (C=O) groups excluding carboxylic acids is 2. The quantitative estimate of drug-likeness (QED) is 0.495. The lowest BCUT2D eigenvalue weighted by Gasteiger charge is -2.18. The first-order valence-corrected chi connectivity index (χ1v) is 9.45. The van der Waals surface area contributed by atoms with E-state index in [-0.39, 0.29) is 18.4 Å². The van der Waals surface area contributed by atoms with E-state index in [1.807, 2.05) is 41.8 Å². The monoisotopic (exact) mass is 390 g/mol. The topological polar surface area (TPSA) is 96.1 Å². The third-order valence-corrected chi connectivity index (χ3v) is 5.22. The maximum absolute atomic E-state index is 12.6. The van der Waals surface area contributed by atoms with Gasteiger partial charge in [0.25, 0.3) is 11.8 Å². The zero-order valence-corrected chi connectivity index (χ0v) is 15.3. The van der Waals surface area contributed by atoms with Crippen LogP contribution in [-0.2, 0) is 4.79 Å². The number of thiazole rings is 1. The summed E-state index contributed by atoms with van der Waals surface area (Å²) < 4.78 is 5.37. The van der Waals surface area contributed by atoms with E-state index in [4.69, 9.17) is 4.74 Å². The Hall–Kier alpha value is -3.65. The van der Waals surface area contributed by atoms with Crippen LogP contribution in [0.1, 0.15) is 10.4 Å². The molecule has 0 unspecified atom stereocenters. The van der Waals surface area contributed by atoms with Crippen LogP contribution >= 0.6 is 11.3 Å². The maximum atomic E-state index is 12.6. The molecule has 0 fully saturated rings. The molecule has 7 nitrogen and oxygen atoms in total. The molecule has 0 saturated carbocycles. The number of nitrogens with one attached hydrogen (secondary N) is 3. The van der Waals surface area contributed by atoms with E-state index in [1.165, 1.54) is 11.3 Å². The van der Waals surface area contributed by atoms with Gasteiger partial charge in [0.15, 0.2) is 11.7 Å². The van der Waals surface area contributed by atoms with Gasteiger partial charge in [0.2, 0.25) is 0 Å². The highest BCUT2D eigenvalue weighted by Crippen LogP contribution is 2.34. The molecule has 1 aliphatic heterocycles. The molecule has 5 rings (SSSR count). The van der Waals surface area contributed by atoms with E-state index in [2.05, 4.69) is 20.6 Å². The fraction of sp³-hybridized carbons (Fsp3) is 0.0500. The number of anilines is 2. The Morgan fingerprint density at radius 1 is 1.21 bits per heavy atom. The highest BCUT2D eigenvalue weighted by atomic mass is 32.1. The Morgan fingerprint density at radius 2 is 2.11 bits per heavy atom. The Kier molecular flexibility index (Phi) is 3.84. The molecule has 3 N–H and O–H groups in total. The Labute approximate surface area is 163 Å². The van der Waals surface area contributed by atoms with E-state index in [9.17, 15) is 9.59 Å². The van der Waals surface area contributed by atoms with Crippen LogP contribution in [0.25, 0.3) is 22.2 Å². The number of ether oxygens (including phenoxy) is 1.